The van der Waals surface area contributed by atoms with Crippen molar-refractivity contribution in [2.45, 2.75) is 19.4 Å². The number of nitrogens with zero attached hydrogens (tertiary/aromatic N) is 5. The highest BCUT2D eigenvalue weighted by Crippen LogP contribution is 2.34. The van der Waals surface area contributed by atoms with Gasteiger partial charge in [0.15, 0.2) is 5.65 Å². The molecule has 1 fully saturated rings. The monoisotopic (exact) mass is 511 g/mol. The van der Waals surface area contributed by atoms with Gasteiger partial charge in [0, 0.05) is 18.7 Å². The topological polar surface area (TPSA) is 101 Å². The van der Waals surface area contributed by atoms with E-state index in [0.29, 0.717) is 42.1 Å². The molecule has 0 spiro atoms. The van der Waals surface area contributed by atoms with Gasteiger partial charge in [0.1, 0.15) is 17.1 Å². The Labute approximate surface area is 180 Å². The lowest BCUT2D eigenvalue weighted by molar-refractivity contribution is -0.125. The lowest BCUT2D eigenvalue weighted by Gasteiger charge is -2.48. The maximum atomic E-state index is 11.9. The molecule has 0 bridgehead atoms. The molecule has 1 saturated heterocycles. The summed E-state index contributed by atoms with van der Waals surface area (Å²) < 4.78 is 2.61. The third-order valence-electron chi connectivity index (χ3n) is 4.84. The van der Waals surface area contributed by atoms with Crippen molar-refractivity contribution in [1.29, 1.82) is 0 Å². The molecule has 3 N–H and O–H groups in total. The van der Waals surface area contributed by atoms with Crippen LogP contribution in [0, 0.1) is 10.5 Å². The van der Waals surface area contributed by atoms with E-state index in [2.05, 4.69) is 37.9 Å². The fourth-order valence-corrected chi connectivity index (χ4v) is 4.44. The third-order valence-corrected chi connectivity index (χ3v) is 6.17. The number of carbonyl (C=O) groups excluding carboxylic acids is 1. The molecule has 0 saturated carbocycles. The Kier molecular flexibility index (Phi) is 4.92. The van der Waals surface area contributed by atoms with Crippen molar-refractivity contribution in [1.82, 2.24) is 24.9 Å². The van der Waals surface area contributed by atoms with Crippen LogP contribution in [0.3, 0.4) is 0 Å². The van der Waals surface area contributed by atoms with Crippen LogP contribution in [0.15, 0.2) is 24.3 Å². The number of nitrogens with two attached hydrogens (primary N) is 1. The predicted octanol–water partition coefficient (Wildman–Crippen LogP) is 2.01. The molecular formula is C18H19ClIN7O. The Hall–Kier alpha value is -1.98. The summed E-state index contributed by atoms with van der Waals surface area (Å²) in [5.41, 5.74) is 7.17. The summed E-state index contributed by atoms with van der Waals surface area (Å²) in [7, 11) is 0. The minimum Gasteiger partial charge on any atom is -0.368 e. The largest absolute Gasteiger partial charge is 0.368 e. The zero-order chi connectivity index (χ0) is 20.1. The molecule has 1 amide bonds. The number of hydrogen-bond donors (Lipinski definition) is 2. The van der Waals surface area contributed by atoms with Crippen molar-refractivity contribution in [3.63, 3.8) is 0 Å². The van der Waals surface area contributed by atoms with E-state index in [1.807, 2.05) is 43.0 Å². The average Bonchev–Trinajstić information content (AvgIpc) is 2.94. The highest BCUT2D eigenvalue weighted by molar-refractivity contribution is 14.1. The number of aromatic nitrogens is 4. The number of hydrogen-bond acceptors (Lipinski definition) is 6. The molecule has 1 aromatic carbocycles. The number of fused-ring (bicyclic) bond motifs is 1. The first-order valence-electron chi connectivity index (χ1n) is 8.84. The Morgan fingerprint density at radius 1 is 1.36 bits per heavy atom. The van der Waals surface area contributed by atoms with Crippen LogP contribution < -0.4 is 16.0 Å². The van der Waals surface area contributed by atoms with Gasteiger partial charge in [0.05, 0.1) is 8.59 Å². The van der Waals surface area contributed by atoms with Gasteiger partial charge >= 0.3 is 0 Å². The van der Waals surface area contributed by atoms with Crippen molar-refractivity contribution in [3.8, 4) is 11.3 Å². The molecule has 10 heteroatoms. The first kappa shape index (κ1) is 19.3. The molecule has 0 aliphatic carbocycles. The van der Waals surface area contributed by atoms with Gasteiger partial charge in [0.2, 0.25) is 11.9 Å². The van der Waals surface area contributed by atoms with Crippen LogP contribution in [0.4, 0.5) is 5.95 Å². The second-order valence-electron chi connectivity index (χ2n) is 6.78. The van der Waals surface area contributed by atoms with E-state index in [-0.39, 0.29) is 5.91 Å². The molecule has 28 heavy (non-hydrogen) atoms. The quantitative estimate of drug-likeness (QED) is 0.508. The summed E-state index contributed by atoms with van der Waals surface area (Å²) in [5.74, 6) is 0.902. The van der Waals surface area contributed by atoms with Gasteiger partial charge in [-0.25, -0.2) is 4.98 Å². The number of halogens is 2. The third kappa shape index (κ3) is 3.01. The van der Waals surface area contributed by atoms with Crippen molar-refractivity contribution in [2.75, 3.05) is 24.5 Å². The number of anilines is 1. The highest BCUT2D eigenvalue weighted by Gasteiger charge is 2.49. The fourth-order valence-electron chi connectivity index (χ4n) is 3.47. The van der Waals surface area contributed by atoms with Crippen LogP contribution >= 0.6 is 34.2 Å². The summed E-state index contributed by atoms with van der Waals surface area (Å²) in [6, 6.07) is 7.57. The van der Waals surface area contributed by atoms with Crippen LogP contribution in [0.2, 0.25) is 5.02 Å². The van der Waals surface area contributed by atoms with Gasteiger partial charge in [-0.2, -0.15) is 14.6 Å². The molecule has 4 rings (SSSR count). The first-order chi connectivity index (χ1) is 13.4. The molecule has 0 radical (unpaired) electrons. The zero-order valence-corrected chi connectivity index (χ0v) is 18.3. The van der Waals surface area contributed by atoms with E-state index in [4.69, 9.17) is 22.4 Å². The molecule has 3 heterocycles. The fraction of sp³-hybridized carbons (Fsp3) is 0.333. The maximum Gasteiger partial charge on any atom is 0.241 e. The average molecular weight is 512 g/mol. The number of rotatable bonds is 5. The lowest BCUT2D eigenvalue weighted by atomic mass is 9.89. The molecule has 146 valence electrons. The van der Waals surface area contributed by atoms with Crippen LogP contribution in [-0.2, 0) is 4.79 Å². The number of carbonyl (C=O) groups is 1. The van der Waals surface area contributed by atoms with Gasteiger partial charge in [0.25, 0.3) is 0 Å². The highest BCUT2D eigenvalue weighted by atomic mass is 127. The number of nitrogens with one attached hydrogen (secondary N) is 1. The molecule has 3 aromatic rings. The smallest absolute Gasteiger partial charge is 0.241 e. The Bertz CT molecular complexity index is 1080. The van der Waals surface area contributed by atoms with Gasteiger partial charge in [-0.05, 0) is 42.1 Å². The second kappa shape index (κ2) is 7.12. The minimum atomic E-state index is -0.744. The first-order valence-corrected chi connectivity index (χ1v) is 10.3. The molecule has 8 nitrogen and oxygen atoms in total. The van der Waals surface area contributed by atoms with Crippen LogP contribution in [-0.4, -0.2) is 50.7 Å². The molecule has 1 aliphatic rings. The van der Waals surface area contributed by atoms with E-state index in [1.54, 1.807) is 4.52 Å². The van der Waals surface area contributed by atoms with Crippen molar-refractivity contribution < 1.29 is 4.79 Å². The van der Waals surface area contributed by atoms with Gasteiger partial charge in [-0.15, -0.1) is 0 Å². The number of likely N-dealkylation sites (N-methyl/N-ethyl adjacent to an activating group) is 1. The number of primary amides is 1. The second-order valence-corrected chi connectivity index (χ2v) is 8.27. The molecular weight excluding hydrogens is 493 g/mol. The molecule has 0 unspecified atom stereocenters. The van der Waals surface area contributed by atoms with Crippen molar-refractivity contribution in [3.05, 3.63) is 38.7 Å². The normalized spacial score (nSPS) is 15.6. The van der Waals surface area contributed by atoms with Crippen molar-refractivity contribution >= 4 is 51.7 Å². The summed E-state index contributed by atoms with van der Waals surface area (Å²) in [5, 5.41) is 8.57. The zero-order valence-electron chi connectivity index (χ0n) is 15.4. The molecule has 2 aromatic heterocycles. The van der Waals surface area contributed by atoms with Crippen LogP contribution in [0.25, 0.3) is 16.9 Å². The molecule has 0 atom stereocenters. The van der Waals surface area contributed by atoms with Gasteiger partial charge in [-0.1, -0.05) is 36.7 Å². The van der Waals surface area contributed by atoms with Crippen LogP contribution in [0.1, 0.15) is 12.7 Å². The SMILES string of the molecule is CCNC1(C(N)=O)CN(c2nc(C)nc3c(I)c(-c4ccccc4Cl)nn23)C1. The van der Waals surface area contributed by atoms with E-state index in [1.165, 1.54) is 0 Å². The van der Waals surface area contributed by atoms with E-state index < -0.39 is 5.54 Å². The minimum absolute atomic E-state index is 0.362. The number of benzene rings is 1. The van der Waals surface area contributed by atoms with E-state index >= 15 is 0 Å². The maximum absolute atomic E-state index is 11.9. The predicted molar refractivity (Wildman–Crippen MR) is 116 cm³/mol. The van der Waals surface area contributed by atoms with E-state index in [0.717, 1.165) is 14.8 Å². The molecule has 1 aliphatic heterocycles. The van der Waals surface area contributed by atoms with Gasteiger partial charge in [-0.3, -0.25) is 4.79 Å². The lowest BCUT2D eigenvalue weighted by Crippen LogP contribution is -2.75. The standard InChI is InChI=1S/C18H19ClIN7O/c1-3-22-18(16(21)28)8-26(9-18)17-24-10(2)23-15-13(20)14(25-27(15)17)11-6-4-5-7-12(11)19/h4-7,22H,3,8-9H2,1-2H3,(H2,21,28). The summed E-state index contributed by atoms with van der Waals surface area (Å²) in [4.78, 5) is 23.1. The number of amides is 1. The summed E-state index contributed by atoms with van der Waals surface area (Å²) >= 11 is 8.61. The van der Waals surface area contributed by atoms with Gasteiger partial charge < -0.3 is 16.0 Å². The summed E-state index contributed by atoms with van der Waals surface area (Å²) in [6.45, 7) is 5.31. The Morgan fingerprint density at radius 3 is 2.71 bits per heavy atom. The Balaban J connectivity index is 1.80. The van der Waals surface area contributed by atoms with Crippen molar-refractivity contribution in [2.24, 2.45) is 5.73 Å². The van der Waals surface area contributed by atoms with E-state index in [9.17, 15) is 4.79 Å². The summed E-state index contributed by atoms with van der Waals surface area (Å²) in [6.07, 6.45) is 0. The Morgan fingerprint density at radius 2 is 2.07 bits per heavy atom. The number of aryl methyl sites for hydroxylation is 1. The van der Waals surface area contributed by atoms with Crippen LogP contribution in [0.5, 0.6) is 0 Å².